The summed E-state index contributed by atoms with van der Waals surface area (Å²) < 4.78 is 11.1. The smallest absolute Gasteiger partial charge is 0.341 e. The summed E-state index contributed by atoms with van der Waals surface area (Å²) in [5.74, 6) is -0.468. The summed E-state index contributed by atoms with van der Waals surface area (Å²) in [6.45, 7) is 12.4. The molecule has 6 heteroatoms. The monoisotopic (exact) mass is 352 g/mol. The van der Waals surface area contributed by atoms with E-state index >= 15 is 0 Å². The van der Waals surface area contributed by atoms with E-state index in [1.54, 1.807) is 7.11 Å². The Balaban J connectivity index is 2.28. The van der Waals surface area contributed by atoms with Crippen LogP contribution in [0, 0.1) is 5.41 Å². The predicted molar refractivity (Wildman–Crippen MR) is 97.0 cm³/mol. The molecular formula is C19H32N2O4. The molecule has 142 valence electrons. The minimum Gasteiger partial charge on any atom is -0.482 e. The molecule has 1 fully saturated rings. The van der Waals surface area contributed by atoms with Crippen molar-refractivity contribution in [2.75, 3.05) is 40.0 Å². The molecule has 6 nitrogen and oxygen atoms in total. The van der Waals surface area contributed by atoms with Gasteiger partial charge in [-0.05, 0) is 36.8 Å². The molecule has 0 aliphatic carbocycles. The van der Waals surface area contributed by atoms with E-state index in [4.69, 9.17) is 9.47 Å². The van der Waals surface area contributed by atoms with E-state index in [1.807, 2.05) is 13.0 Å². The van der Waals surface area contributed by atoms with E-state index in [1.165, 1.54) is 0 Å². The molecule has 0 saturated carbocycles. The zero-order valence-electron chi connectivity index (χ0n) is 16.2. The van der Waals surface area contributed by atoms with E-state index in [9.17, 15) is 9.90 Å². The molecule has 2 rings (SSSR count). The Hall–Kier alpha value is -1.53. The van der Waals surface area contributed by atoms with Crippen molar-refractivity contribution in [3.8, 4) is 0 Å². The second kappa shape index (κ2) is 8.23. The van der Waals surface area contributed by atoms with Gasteiger partial charge in [0.25, 0.3) is 0 Å². The molecule has 1 saturated heterocycles. The van der Waals surface area contributed by atoms with Crippen LogP contribution in [-0.2, 0) is 14.3 Å². The molecule has 0 aromatic heterocycles. The molecule has 0 spiro atoms. The van der Waals surface area contributed by atoms with Crippen molar-refractivity contribution >= 4 is 5.97 Å². The molecule has 0 aromatic carbocycles. The Morgan fingerprint density at radius 2 is 2.00 bits per heavy atom. The zero-order valence-corrected chi connectivity index (χ0v) is 16.2. The molecule has 0 bridgehead atoms. The van der Waals surface area contributed by atoms with E-state index in [0.29, 0.717) is 19.1 Å². The van der Waals surface area contributed by atoms with Crippen molar-refractivity contribution in [1.29, 1.82) is 0 Å². The highest BCUT2D eigenvalue weighted by atomic mass is 16.5. The van der Waals surface area contributed by atoms with Crippen LogP contribution in [0.2, 0.25) is 0 Å². The van der Waals surface area contributed by atoms with Crippen molar-refractivity contribution in [2.24, 2.45) is 5.41 Å². The van der Waals surface area contributed by atoms with E-state index in [0.717, 1.165) is 38.0 Å². The summed E-state index contributed by atoms with van der Waals surface area (Å²) in [7, 11) is 1.56. The maximum Gasteiger partial charge on any atom is 0.341 e. The average molecular weight is 352 g/mol. The predicted octanol–water partition coefficient (Wildman–Crippen LogP) is 2.68. The molecular weight excluding hydrogens is 320 g/mol. The van der Waals surface area contributed by atoms with Gasteiger partial charge in [0.1, 0.15) is 11.7 Å². The Morgan fingerprint density at radius 1 is 1.36 bits per heavy atom. The second-order valence-corrected chi connectivity index (χ2v) is 7.96. The summed E-state index contributed by atoms with van der Waals surface area (Å²) in [4.78, 5) is 16.2. The van der Waals surface area contributed by atoms with Gasteiger partial charge in [-0.3, -0.25) is 4.90 Å². The first kappa shape index (κ1) is 19.8. The van der Waals surface area contributed by atoms with Crippen molar-refractivity contribution in [3.63, 3.8) is 0 Å². The van der Waals surface area contributed by atoms with Crippen LogP contribution in [0.25, 0.3) is 0 Å². The number of nitrogens with zero attached hydrogens (tertiary/aromatic N) is 2. The minimum atomic E-state index is -0.938. The van der Waals surface area contributed by atoms with Crippen LogP contribution in [0.1, 0.15) is 40.5 Å². The van der Waals surface area contributed by atoms with Crippen molar-refractivity contribution in [2.45, 2.75) is 46.7 Å². The Labute approximate surface area is 151 Å². The molecule has 0 aromatic rings. The molecule has 1 unspecified atom stereocenters. The van der Waals surface area contributed by atoms with Crippen LogP contribution in [0.3, 0.4) is 0 Å². The van der Waals surface area contributed by atoms with Crippen LogP contribution in [0.4, 0.5) is 0 Å². The lowest BCUT2D eigenvalue weighted by Crippen LogP contribution is -2.53. The highest BCUT2D eigenvalue weighted by molar-refractivity contribution is 5.92. The number of rotatable bonds is 6. The fraction of sp³-hybridized carbons (Fsp3) is 0.737. The third kappa shape index (κ3) is 4.98. The molecule has 2 aliphatic heterocycles. The molecule has 0 amide bonds. The number of methoxy groups -OCH3 is 1. The largest absolute Gasteiger partial charge is 0.482 e. The standard InChI is InChI=1S/C19H32N2O4/c1-14-13-15(20-9-11-25-12-10-20)21(8-6-7-19(2,3)4)17(24-5)16(14)18(22)23/h13,15H,6-12H2,1-5H3,(H,22,23). The van der Waals surface area contributed by atoms with Crippen molar-refractivity contribution in [3.05, 3.63) is 23.1 Å². The fourth-order valence-corrected chi connectivity index (χ4v) is 3.47. The molecule has 2 aliphatic rings. The molecule has 25 heavy (non-hydrogen) atoms. The number of hydrogen-bond acceptors (Lipinski definition) is 5. The van der Waals surface area contributed by atoms with Gasteiger partial charge in [-0.25, -0.2) is 4.79 Å². The number of carboxylic acid groups (broad SMARTS) is 1. The lowest BCUT2D eigenvalue weighted by molar-refractivity contribution is -0.133. The van der Waals surface area contributed by atoms with Gasteiger partial charge in [-0.2, -0.15) is 0 Å². The highest BCUT2D eigenvalue weighted by Gasteiger charge is 2.35. The Morgan fingerprint density at radius 3 is 2.52 bits per heavy atom. The first-order valence-corrected chi connectivity index (χ1v) is 9.03. The van der Waals surface area contributed by atoms with Crippen LogP contribution in [-0.4, -0.2) is 67.0 Å². The van der Waals surface area contributed by atoms with Gasteiger partial charge < -0.3 is 19.5 Å². The van der Waals surface area contributed by atoms with Crippen molar-refractivity contribution < 1.29 is 19.4 Å². The summed E-state index contributed by atoms with van der Waals surface area (Å²) in [6.07, 6.45) is 4.12. The normalized spacial score (nSPS) is 22.8. The van der Waals surface area contributed by atoms with Gasteiger partial charge in [0.05, 0.1) is 20.3 Å². The number of hydrogen-bond donors (Lipinski definition) is 1. The zero-order chi connectivity index (χ0) is 18.6. The van der Waals surface area contributed by atoms with Gasteiger partial charge >= 0.3 is 5.97 Å². The van der Waals surface area contributed by atoms with Gasteiger partial charge in [0.15, 0.2) is 0 Å². The van der Waals surface area contributed by atoms with Crippen LogP contribution in [0.5, 0.6) is 0 Å². The van der Waals surface area contributed by atoms with Gasteiger partial charge in [0.2, 0.25) is 5.88 Å². The first-order valence-electron chi connectivity index (χ1n) is 9.03. The maximum absolute atomic E-state index is 11.8. The summed E-state index contributed by atoms with van der Waals surface area (Å²) in [6, 6.07) is 0. The molecule has 2 heterocycles. The SMILES string of the molecule is COC1=C(C(=O)O)C(C)=CC(N2CCOCC2)N1CCCC(C)(C)C. The first-order chi connectivity index (χ1) is 11.7. The fourth-order valence-electron chi connectivity index (χ4n) is 3.47. The minimum absolute atomic E-state index is 0.0157. The van der Waals surface area contributed by atoms with Crippen LogP contribution in [0.15, 0.2) is 23.1 Å². The number of morpholine rings is 1. The van der Waals surface area contributed by atoms with E-state index in [-0.39, 0.29) is 17.2 Å². The lowest BCUT2D eigenvalue weighted by atomic mass is 9.90. The number of carboxylic acids is 1. The van der Waals surface area contributed by atoms with Gasteiger partial charge in [0, 0.05) is 19.6 Å². The van der Waals surface area contributed by atoms with Gasteiger partial charge in [-0.15, -0.1) is 0 Å². The maximum atomic E-state index is 11.8. The highest BCUT2D eigenvalue weighted by Crippen LogP contribution is 2.31. The Kier molecular flexibility index (Phi) is 6.52. The quantitative estimate of drug-likeness (QED) is 0.793. The number of carbonyl (C=O) groups is 1. The lowest BCUT2D eigenvalue weighted by Gasteiger charge is -2.44. The topological polar surface area (TPSA) is 62.2 Å². The summed E-state index contributed by atoms with van der Waals surface area (Å²) >= 11 is 0. The number of ether oxygens (including phenoxy) is 2. The third-order valence-corrected chi connectivity index (χ3v) is 4.74. The van der Waals surface area contributed by atoms with Crippen LogP contribution < -0.4 is 0 Å². The average Bonchev–Trinajstić information content (AvgIpc) is 2.54. The van der Waals surface area contributed by atoms with E-state index < -0.39 is 5.97 Å². The van der Waals surface area contributed by atoms with Crippen molar-refractivity contribution in [1.82, 2.24) is 9.80 Å². The molecule has 1 atom stereocenters. The third-order valence-electron chi connectivity index (χ3n) is 4.74. The number of aliphatic carboxylic acids is 1. The summed E-state index contributed by atoms with van der Waals surface area (Å²) in [5, 5.41) is 9.64. The van der Waals surface area contributed by atoms with E-state index in [2.05, 4.69) is 30.6 Å². The molecule has 1 N–H and O–H groups in total. The van der Waals surface area contributed by atoms with Crippen LogP contribution >= 0.6 is 0 Å². The Bertz CT molecular complexity index is 542. The van der Waals surface area contributed by atoms with Gasteiger partial charge in [-0.1, -0.05) is 20.8 Å². The second-order valence-electron chi connectivity index (χ2n) is 7.96. The summed E-state index contributed by atoms with van der Waals surface area (Å²) in [5.41, 5.74) is 1.28. The molecule has 0 radical (unpaired) electrons.